The van der Waals surface area contributed by atoms with Crippen LogP contribution in [0.1, 0.15) is 9.68 Å². The fourth-order valence-corrected chi connectivity index (χ4v) is 2.86. The Morgan fingerprint density at radius 3 is 2.79 bits per heavy atom. The number of nitrogens with one attached hydrogen (secondary N) is 1. The van der Waals surface area contributed by atoms with Crippen LogP contribution in [0.4, 0.5) is 5.69 Å². The molecule has 2 aromatic carbocycles. The predicted octanol–water partition coefficient (Wildman–Crippen LogP) is 2.42. The normalized spacial score (nSPS) is 18.1. The number of anilines is 1. The summed E-state index contributed by atoms with van der Waals surface area (Å²) in [6.45, 7) is -2.92. The van der Waals surface area contributed by atoms with Crippen LogP contribution < -0.4 is 15.0 Å². The van der Waals surface area contributed by atoms with Crippen molar-refractivity contribution in [3.63, 3.8) is 0 Å². The van der Waals surface area contributed by atoms with E-state index in [0.717, 1.165) is 5.56 Å². The van der Waals surface area contributed by atoms with Crippen molar-refractivity contribution >= 4 is 29.1 Å². The Hall–Kier alpha value is -2.53. The number of ether oxygens (including phenoxy) is 1. The lowest BCUT2D eigenvalue weighted by Crippen LogP contribution is -2.48. The van der Waals surface area contributed by atoms with Gasteiger partial charge in [0.1, 0.15) is 11.8 Å². The molecule has 3 rings (SSSR count). The molecule has 1 heterocycles. The monoisotopic (exact) mass is 347 g/mol. The highest BCUT2D eigenvalue weighted by Gasteiger charge is 2.37. The van der Waals surface area contributed by atoms with Gasteiger partial charge in [0, 0.05) is 28.2 Å². The lowest BCUT2D eigenvalue weighted by atomic mass is 10.1. The number of carbonyl (C=O) groups is 2. The van der Waals surface area contributed by atoms with Gasteiger partial charge in [-0.15, -0.1) is 0 Å². The van der Waals surface area contributed by atoms with Crippen molar-refractivity contribution in [2.45, 2.75) is 12.5 Å². The Kier molecular flexibility index (Phi) is 3.71. The van der Waals surface area contributed by atoms with E-state index in [1.54, 1.807) is 48.5 Å². The molecule has 1 N–H and O–H groups in total. The standard InChI is InChI=1S/C18H17ClN2O3/c1-20-18(23)16-10-12-4-2-3-5-15(12)21(16)17(22)11-24-14-8-6-13(19)7-9-14/h2-9,16H,10-11H2,1H3,(H,20,23)/t16-/m1/s1/i1D3. The molecule has 24 heavy (non-hydrogen) atoms. The number of halogens is 1. The highest BCUT2D eigenvalue weighted by atomic mass is 35.5. The van der Waals surface area contributed by atoms with E-state index in [1.807, 2.05) is 5.32 Å². The van der Waals surface area contributed by atoms with Gasteiger partial charge in [-0.05, 0) is 35.9 Å². The van der Waals surface area contributed by atoms with Crippen molar-refractivity contribution in [1.29, 1.82) is 0 Å². The molecular weight excluding hydrogens is 328 g/mol. The Labute approximate surface area is 149 Å². The number of rotatable bonds is 4. The minimum atomic E-state index is -2.62. The van der Waals surface area contributed by atoms with Gasteiger partial charge in [0.25, 0.3) is 5.91 Å². The number of hydrogen-bond acceptors (Lipinski definition) is 3. The Morgan fingerprint density at radius 2 is 2.04 bits per heavy atom. The van der Waals surface area contributed by atoms with Crippen molar-refractivity contribution in [3.8, 4) is 5.75 Å². The van der Waals surface area contributed by atoms with E-state index in [0.29, 0.717) is 16.5 Å². The highest BCUT2D eigenvalue weighted by molar-refractivity contribution is 6.30. The number of likely N-dealkylation sites (N-methyl/N-ethyl adjacent to an activating group) is 1. The van der Waals surface area contributed by atoms with Crippen LogP contribution in [-0.4, -0.2) is 31.4 Å². The molecule has 0 bridgehead atoms. The molecule has 1 aliphatic rings. The summed E-state index contributed by atoms with van der Waals surface area (Å²) in [6, 6.07) is 12.7. The maximum atomic E-state index is 12.8. The average Bonchev–Trinajstić information content (AvgIpc) is 2.99. The maximum Gasteiger partial charge on any atom is 0.265 e. The number of carbonyl (C=O) groups excluding carboxylic acids is 2. The fourth-order valence-electron chi connectivity index (χ4n) is 2.73. The van der Waals surface area contributed by atoms with Crippen LogP contribution in [-0.2, 0) is 16.0 Å². The molecule has 6 heteroatoms. The third-order valence-electron chi connectivity index (χ3n) is 3.85. The minimum absolute atomic E-state index is 0.241. The van der Waals surface area contributed by atoms with Gasteiger partial charge in [-0.3, -0.25) is 14.5 Å². The van der Waals surface area contributed by atoms with Crippen molar-refractivity contribution in [2.75, 3.05) is 18.5 Å². The third-order valence-corrected chi connectivity index (χ3v) is 4.10. The van der Waals surface area contributed by atoms with Crippen LogP contribution in [0.5, 0.6) is 5.75 Å². The van der Waals surface area contributed by atoms with E-state index in [9.17, 15) is 9.59 Å². The van der Waals surface area contributed by atoms with Crippen LogP contribution in [0.2, 0.25) is 5.02 Å². The lowest BCUT2D eigenvalue weighted by Gasteiger charge is -2.24. The molecule has 0 saturated heterocycles. The van der Waals surface area contributed by atoms with Crippen LogP contribution in [0.15, 0.2) is 48.5 Å². The van der Waals surface area contributed by atoms with E-state index >= 15 is 0 Å². The van der Waals surface area contributed by atoms with E-state index in [1.165, 1.54) is 4.90 Å². The molecule has 5 nitrogen and oxygen atoms in total. The molecular formula is C18H17ClN2O3. The zero-order valence-electron chi connectivity index (χ0n) is 15.7. The Balaban J connectivity index is 1.78. The topological polar surface area (TPSA) is 58.6 Å². The minimum Gasteiger partial charge on any atom is -0.484 e. The molecule has 0 aromatic heterocycles. The van der Waals surface area contributed by atoms with E-state index in [4.69, 9.17) is 20.5 Å². The summed E-state index contributed by atoms with van der Waals surface area (Å²) >= 11 is 5.82. The van der Waals surface area contributed by atoms with Gasteiger partial charge in [-0.2, -0.15) is 0 Å². The van der Waals surface area contributed by atoms with Crippen LogP contribution in [0.3, 0.4) is 0 Å². The largest absolute Gasteiger partial charge is 0.484 e. The number of benzene rings is 2. The molecule has 1 aliphatic heterocycles. The van der Waals surface area contributed by atoms with Gasteiger partial charge in [0.2, 0.25) is 5.91 Å². The second-order valence-corrected chi connectivity index (χ2v) is 5.78. The second-order valence-electron chi connectivity index (χ2n) is 5.34. The van der Waals surface area contributed by atoms with Gasteiger partial charge in [0.05, 0.1) is 0 Å². The summed E-state index contributed by atoms with van der Waals surface area (Å²) in [4.78, 5) is 26.5. The SMILES string of the molecule is [2H]C([2H])([2H])NC(=O)[C@H]1Cc2ccccc2N1C(=O)COc1ccc(Cl)cc1. The van der Waals surface area contributed by atoms with Crippen molar-refractivity contribution in [2.24, 2.45) is 0 Å². The van der Waals surface area contributed by atoms with Crippen LogP contribution in [0.25, 0.3) is 0 Å². The highest BCUT2D eigenvalue weighted by Crippen LogP contribution is 2.32. The predicted molar refractivity (Wildman–Crippen MR) is 92.4 cm³/mol. The molecule has 2 aromatic rings. The number of hydrogen-bond donors (Lipinski definition) is 1. The molecule has 0 fully saturated rings. The average molecular weight is 348 g/mol. The Morgan fingerprint density at radius 1 is 1.29 bits per heavy atom. The van der Waals surface area contributed by atoms with E-state index in [2.05, 4.69) is 0 Å². The first-order valence-corrected chi connectivity index (χ1v) is 7.73. The van der Waals surface area contributed by atoms with Crippen LogP contribution >= 0.6 is 11.6 Å². The van der Waals surface area contributed by atoms with Crippen molar-refractivity contribution in [1.82, 2.24) is 5.32 Å². The number of nitrogens with zero attached hydrogens (tertiary/aromatic N) is 1. The zero-order valence-corrected chi connectivity index (χ0v) is 13.4. The van der Waals surface area contributed by atoms with Gasteiger partial charge >= 0.3 is 0 Å². The quantitative estimate of drug-likeness (QED) is 0.924. The fraction of sp³-hybridized carbons (Fsp3) is 0.222. The molecule has 0 spiro atoms. The molecule has 0 aliphatic carbocycles. The summed E-state index contributed by atoms with van der Waals surface area (Å²) in [6.07, 6.45) is 0.241. The number of amides is 2. The van der Waals surface area contributed by atoms with E-state index < -0.39 is 24.8 Å². The summed E-state index contributed by atoms with van der Waals surface area (Å²) in [7, 11) is 0. The maximum absolute atomic E-state index is 12.8. The van der Waals surface area contributed by atoms with Crippen molar-refractivity contribution in [3.05, 3.63) is 59.1 Å². The lowest BCUT2D eigenvalue weighted by molar-refractivity contribution is -0.126. The molecule has 2 amide bonds. The zero-order chi connectivity index (χ0) is 19.6. The summed E-state index contributed by atoms with van der Waals surface area (Å²) in [5, 5.41) is 2.52. The number of para-hydroxylation sites is 1. The van der Waals surface area contributed by atoms with Crippen molar-refractivity contribution < 1.29 is 18.4 Å². The molecule has 0 unspecified atom stereocenters. The van der Waals surface area contributed by atoms with Gasteiger partial charge in [-0.1, -0.05) is 29.8 Å². The molecule has 124 valence electrons. The van der Waals surface area contributed by atoms with E-state index in [-0.39, 0.29) is 13.0 Å². The second kappa shape index (κ2) is 6.93. The molecule has 0 radical (unpaired) electrons. The third kappa shape index (κ3) is 3.21. The van der Waals surface area contributed by atoms with Crippen LogP contribution in [0, 0.1) is 0 Å². The first-order chi connectivity index (χ1) is 12.7. The van der Waals surface area contributed by atoms with Gasteiger partial charge < -0.3 is 10.1 Å². The number of fused-ring (bicyclic) bond motifs is 1. The van der Waals surface area contributed by atoms with Gasteiger partial charge in [0.15, 0.2) is 6.61 Å². The Bertz CT molecular complexity index is 856. The smallest absolute Gasteiger partial charge is 0.265 e. The first kappa shape index (κ1) is 12.8. The van der Waals surface area contributed by atoms with Gasteiger partial charge in [-0.25, -0.2) is 0 Å². The summed E-state index contributed by atoms with van der Waals surface area (Å²) in [5.74, 6) is -0.713. The molecule has 1 atom stereocenters. The first-order valence-electron chi connectivity index (χ1n) is 8.85. The summed E-state index contributed by atoms with van der Waals surface area (Å²) < 4.78 is 27.2. The summed E-state index contributed by atoms with van der Waals surface area (Å²) in [5.41, 5.74) is 1.37. The molecule has 0 saturated carbocycles.